The van der Waals surface area contributed by atoms with E-state index in [0.717, 1.165) is 10.6 Å². The van der Waals surface area contributed by atoms with Crippen molar-refractivity contribution >= 4 is 28.8 Å². The summed E-state index contributed by atoms with van der Waals surface area (Å²) in [6.07, 6.45) is 0. The molecule has 2 amide bonds. The van der Waals surface area contributed by atoms with Crippen molar-refractivity contribution in [2.45, 2.75) is 26.3 Å². The van der Waals surface area contributed by atoms with Crippen LogP contribution in [0.3, 0.4) is 0 Å². The molecular formula is C20H20N2O3S. The van der Waals surface area contributed by atoms with Gasteiger partial charge in [-0.15, -0.1) is 11.3 Å². The van der Waals surface area contributed by atoms with E-state index in [9.17, 15) is 9.59 Å². The number of anilines is 1. The summed E-state index contributed by atoms with van der Waals surface area (Å²) < 4.78 is 5.68. The molecule has 26 heavy (non-hydrogen) atoms. The predicted octanol–water partition coefficient (Wildman–Crippen LogP) is 4.39. The molecule has 2 heterocycles. The number of amides is 2. The van der Waals surface area contributed by atoms with Crippen molar-refractivity contribution in [1.82, 2.24) is 5.32 Å². The van der Waals surface area contributed by atoms with Crippen molar-refractivity contribution in [3.05, 3.63) is 65.2 Å². The van der Waals surface area contributed by atoms with Gasteiger partial charge in [-0.05, 0) is 47.2 Å². The second-order valence-electron chi connectivity index (χ2n) is 6.16. The lowest BCUT2D eigenvalue weighted by atomic mass is 10.0. The van der Waals surface area contributed by atoms with Crippen LogP contribution in [0.5, 0.6) is 0 Å². The molecular weight excluding hydrogens is 348 g/mol. The van der Waals surface area contributed by atoms with Gasteiger partial charge in [-0.1, -0.05) is 32.0 Å². The third-order valence-corrected chi connectivity index (χ3v) is 4.77. The van der Waals surface area contributed by atoms with Crippen LogP contribution in [0.4, 0.5) is 5.69 Å². The van der Waals surface area contributed by atoms with Gasteiger partial charge in [-0.25, -0.2) is 0 Å². The molecule has 3 rings (SSSR count). The number of benzene rings is 1. The fraction of sp³-hybridized carbons (Fsp3) is 0.200. The SMILES string of the molecule is CC(C)c1ccc(NC(=O)C(=O)NCc2ccc(-c3cccs3)o2)cc1. The lowest BCUT2D eigenvalue weighted by molar-refractivity contribution is -0.136. The van der Waals surface area contributed by atoms with Crippen molar-refractivity contribution < 1.29 is 14.0 Å². The number of furan rings is 1. The molecule has 134 valence electrons. The van der Waals surface area contributed by atoms with Crippen LogP contribution in [0.1, 0.15) is 31.1 Å². The Morgan fingerprint density at radius 1 is 1.04 bits per heavy atom. The zero-order chi connectivity index (χ0) is 18.5. The Morgan fingerprint density at radius 2 is 1.81 bits per heavy atom. The first-order chi connectivity index (χ1) is 12.5. The molecule has 0 aliphatic heterocycles. The smallest absolute Gasteiger partial charge is 0.313 e. The van der Waals surface area contributed by atoms with Crippen LogP contribution in [0.2, 0.25) is 0 Å². The first kappa shape index (κ1) is 17.9. The summed E-state index contributed by atoms with van der Waals surface area (Å²) in [5, 5.41) is 7.13. The molecule has 5 nitrogen and oxygen atoms in total. The third-order valence-electron chi connectivity index (χ3n) is 3.89. The number of hydrogen-bond donors (Lipinski definition) is 2. The summed E-state index contributed by atoms with van der Waals surface area (Å²) in [5.41, 5.74) is 1.76. The van der Waals surface area contributed by atoms with Crippen LogP contribution < -0.4 is 10.6 Å². The molecule has 0 radical (unpaired) electrons. The molecule has 2 aromatic heterocycles. The summed E-state index contributed by atoms with van der Waals surface area (Å²) >= 11 is 1.58. The van der Waals surface area contributed by atoms with Gasteiger partial charge in [0.1, 0.15) is 11.5 Å². The van der Waals surface area contributed by atoms with Gasteiger partial charge in [0.15, 0.2) is 0 Å². The summed E-state index contributed by atoms with van der Waals surface area (Å²) in [6, 6.07) is 15.0. The molecule has 1 aromatic carbocycles. The monoisotopic (exact) mass is 368 g/mol. The molecule has 0 unspecified atom stereocenters. The second kappa shape index (κ2) is 8.01. The fourth-order valence-corrected chi connectivity index (χ4v) is 3.10. The van der Waals surface area contributed by atoms with Crippen molar-refractivity contribution in [3.63, 3.8) is 0 Å². The summed E-state index contributed by atoms with van der Waals surface area (Å²) in [6.45, 7) is 4.35. The van der Waals surface area contributed by atoms with E-state index in [1.807, 2.05) is 35.7 Å². The van der Waals surface area contributed by atoms with Gasteiger partial charge in [0.25, 0.3) is 0 Å². The maximum absolute atomic E-state index is 12.0. The Labute approximate surface area is 156 Å². The van der Waals surface area contributed by atoms with Crippen LogP contribution in [-0.2, 0) is 16.1 Å². The highest BCUT2D eigenvalue weighted by Crippen LogP contribution is 2.26. The molecule has 0 aliphatic rings. The largest absolute Gasteiger partial charge is 0.458 e. The van der Waals surface area contributed by atoms with Crippen molar-refractivity contribution in [1.29, 1.82) is 0 Å². The quantitative estimate of drug-likeness (QED) is 0.656. The molecule has 2 N–H and O–H groups in total. The van der Waals surface area contributed by atoms with Crippen LogP contribution in [0.15, 0.2) is 58.3 Å². The Balaban J connectivity index is 1.52. The van der Waals surface area contributed by atoms with Gasteiger partial charge in [-0.2, -0.15) is 0 Å². The highest BCUT2D eigenvalue weighted by atomic mass is 32.1. The van der Waals surface area contributed by atoms with Gasteiger partial charge < -0.3 is 15.1 Å². The zero-order valence-corrected chi connectivity index (χ0v) is 15.4. The molecule has 0 fully saturated rings. The number of hydrogen-bond acceptors (Lipinski definition) is 4. The molecule has 0 saturated heterocycles. The van der Waals surface area contributed by atoms with E-state index in [0.29, 0.717) is 17.4 Å². The Morgan fingerprint density at radius 3 is 2.46 bits per heavy atom. The van der Waals surface area contributed by atoms with E-state index in [2.05, 4.69) is 24.5 Å². The van der Waals surface area contributed by atoms with Gasteiger partial charge in [0.2, 0.25) is 0 Å². The van der Waals surface area contributed by atoms with Crippen LogP contribution >= 0.6 is 11.3 Å². The highest BCUT2D eigenvalue weighted by Gasteiger charge is 2.14. The number of rotatable bonds is 5. The predicted molar refractivity (Wildman–Crippen MR) is 103 cm³/mol. The first-order valence-corrected chi connectivity index (χ1v) is 9.22. The average Bonchev–Trinajstić information content (AvgIpc) is 3.31. The molecule has 0 bridgehead atoms. The summed E-state index contributed by atoms with van der Waals surface area (Å²) in [4.78, 5) is 25.0. The Hall–Kier alpha value is -2.86. The molecule has 6 heteroatoms. The standard InChI is InChI=1S/C20H20N2O3S/c1-13(2)14-5-7-15(8-6-14)22-20(24)19(23)21-12-16-9-10-17(25-16)18-4-3-11-26-18/h3-11,13H,12H2,1-2H3,(H,21,23)(H,22,24). The molecule has 0 saturated carbocycles. The van der Waals surface area contributed by atoms with E-state index >= 15 is 0 Å². The average molecular weight is 368 g/mol. The number of carbonyl (C=O) groups is 2. The van der Waals surface area contributed by atoms with Gasteiger partial charge in [-0.3, -0.25) is 9.59 Å². The van der Waals surface area contributed by atoms with E-state index in [4.69, 9.17) is 4.42 Å². The van der Waals surface area contributed by atoms with Crippen LogP contribution in [-0.4, -0.2) is 11.8 Å². The summed E-state index contributed by atoms with van der Waals surface area (Å²) in [5.74, 6) is 0.351. The van der Waals surface area contributed by atoms with Crippen molar-refractivity contribution in [2.24, 2.45) is 0 Å². The number of carbonyl (C=O) groups excluding carboxylic acids is 2. The van der Waals surface area contributed by atoms with E-state index in [1.165, 1.54) is 5.56 Å². The lowest BCUT2D eigenvalue weighted by Crippen LogP contribution is -2.34. The third kappa shape index (κ3) is 4.40. The van der Waals surface area contributed by atoms with Gasteiger partial charge in [0, 0.05) is 5.69 Å². The van der Waals surface area contributed by atoms with Gasteiger partial charge >= 0.3 is 11.8 Å². The Bertz CT molecular complexity index is 880. The minimum Gasteiger partial charge on any atom is -0.458 e. The lowest BCUT2D eigenvalue weighted by Gasteiger charge is -2.08. The van der Waals surface area contributed by atoms with Crippen molar-refractivity contribution in [3.8, 4) is 10.6 Å². The second-order valence-corrected chi connectivity index (χ2v) is 7.10. The topological polar surface area (TPSA) is 71.3 Å². The first-order valence-electron chi connectivity index (χ1n) is 8.34. The van der Waals surface area contributed by atoms with Crippen LogP contribution in [0.25, 0.3) is 10.6 Å². The fourth-order valence-electron chi connectivity index (χ4n) is 2.41. The summed E-state index contributed by atoms with van der Waals surface area (Å²) in [7, 11) is 0. The maximum atomic E-state index is 12.0. The van der Waals surface area contributed by atoms with Crippen LogP contribution in [0, 0.1) is 0 Å². The molecule has 0 aliphatic carbocycles. The van der Waals surface area contributed by atoms with E-state index in [1.54, 1.807) is 29.5 Å². The highest BCUT2D eigenvalue weighted by molar-refractivity contribution is 7.13. The number of nitrogens with one attached hydrogen (secondary N) is 2. The van der Waals surface area contributed by atoms with E-state index < -0.39 is 11.8 Å². The Kier molecular flexibility index (Phi) is 5.53. The normalized spacial score (nSPS) is 10.7. The minimum absolute atomic E-state index is 0.157. The molecule has 0 spiro atoms. The van der Waals surface area contributed by atoms with E-state index in [-0.39, 0.29) is 6.54 Å². The minimum atomic E-state index is -0.702. The van der Waals surface area contributed by atoms with Crippen molar-refractivity contribution in [2.75, 3.05) is 5.32 Å². The van der Waals surface area contributed by atoms with Gasteiger partial charge in [0.05, 0.1) is 11.4 Å². The zero-order valence-electron chi connectivity index (χ0n) is 14.6. The maximum Gasteiger partial charge on any atom is 0.313 e. The molecule has 3 aromatic rings. The molecule has 0 atom stereocenters. The number of thiophene rings is 1.